The van der Waals surface area contributed by atoms with Crippen LogP contribution in [0, 0.1) is 0 Å². The Kier molecular flexibility index (Phi) is 2.16. The summed E-state index contributed by atoms with van der Waals surface area (Å²) in [6.07, 6.45) is 0.475. The van der Waals surface area contributed by atoms with Crippen LogP contribution in [0.15, 0.2) is 24.3 Å². The summed E-state index contributed by atoms with van der Waals surface area (Å²) in [6.45, 7) is 0. The van der Waals surface area contributed by atoms with Gasteiger partial charge in [0.1, 0.15) is 11.3 Å². The summed E-state index contributed by atoms with van der Waals surface area (Å²) in [5, 5.41) is 8.94. The van der Waals surface area contributed by atoms with Crippen LogP contribution in [-0.4, -0.2) is 23.7 Å². The molecule has 15 heavy (non-hydrogen) atoms. The molecule has 4 nitrogen and oxygen atoms in total. The number of nitrogens with two attached hydrogens (primary N) is 1. The highest BCUT2D eigenvalue weighted by molar-refractivity contribution is 5.85. The molecule has 1 fully saturated rings. The average molecular weight is 207 g/mol. The van der Waals surface area contributed by atoms with Crippen LogP contribution < -0.4 is 10.5 Å². The summed E-state index contributed by atoms with van der Waals surface area (Å²) in [6, 6.07) is 7.39. The number of carboxylic acid groups (broad SMARTS) is 1. The fourth-order valence-electron chi connectivity index (χ4n) is 1.86. The van der Waals surface area contributed by atoms with Gasteiger partial charge in [-0.1, -0.05) is 18.2 Å². The van der Waals surface area contributed by atoms with Crippen LogP contribution in [0.4, 0.5) is 0 Å². The van der Waals surface area contributed by atoms with Gasteiger partial charge in [0, 0.05) is 5.92 Å². The highest BCUT2D eigenvalue weighted by Crippen LogP contribution is 2.52. The number of hydrogen-bond acceptors (Lipinski definition) is 3. The molecule has 0 aromatic heterocycles. The van der Waals surface area contributed by atoms with Gasteiger partial charge < -0.3 is 15.6 Å². The second-order valence-electron chi connectivity index (χ2n) is 3.84. The SMILES string of the molecule is COc1ccccc1[C@@H]1C[C@@]1(N)C(=O)O. The molecule has 0 heterocycles. The maximum Gasteiger partial charge on any atom is 0.324 e. The van der Waals surface area contributed by atoms with E-state index in [1.54, 1.807) is 7.11 Å². The molecule has 0 radical (unpaired) electrons. The van der Waals surface area contributed by atoms with Crippen LogP contribution in [0.5, 0.6) is 5.75 Å². The van der Waals surface area contributed by atoms with Gasteiger partial charge in [0.25, 0.3) is 0 Å². The Morgan fingerprint density at radius 3 is 2.80 bits per heavy atom. The Bertz CT molecular complexity index is 405. The van der Waals surface area contributed by atoms with Gasteiger partial charge in [-0.2, -0.15) is 0 Å². The number of benzene rings is 1. The maximum atomic E-state index is 10.9. The first-order chi connectivity index (χ1) is 7.09. The van der Waals surface area contributed by atoms with Crippen molar-refractivity contribution >= 4 is 5.97 Å². The summed E-state index contributed by atoms with van der Waals surface area (Å²) in [5.74, 6) is -0.374. The molecule has 0 bridgehead atoms. The molecular formula is C11H13NO3. The molecule has 0 unspecified atom stereocenters. The molecule has 2 rings (SSSR count). The van der Waals surface area contributed by atoms with E-state index in [-0.39, 0.29) is 5.92 Å². The van der Waals surface area contributed by atoms with Gasteiger partial charge in [-0.3, -0.25) is 4.79 Å². The Morgan fingerprint density at radius 2 is 2.27 bits per heavy atom. The number of carboxylic acids is 1. The van der Waals surface area contributed by atoms with Gasteiger partial charge in [0.2, 0.25) is 0 Å². The number of aliphatic carboxylic acids is 1. The lowest BCUT2D eigenvalue weighted by Gasteiger charge is -2.09. The van der Waals surface area contributed by atoms with Crippen molar-refractivity contribution in [2.24, 2.45) is 5.73 Å². The standard InChI is InChI=1S/C11H13NO3/c1-15-9-5-3-2-4-7(9)8-6-11(8,12)10(13)14/h2-5,8H,6,12H2,1H3,(H,13,14)/t8-,11-/m0/s1. The molecule has 1 aromatic rings. The molecule has 3 N–H and O–H groups in total. The van der Waals surface area contributed by atoms with Crippen molar-refractivity contribution in [3.8, 4) is 5.75 Å². The second-order valence-corrected chi connectivity index (χ2v) is 3.84. The zero-order valence-corrected chi connectivity index (χ0v) is 8.43. The zero-order valence-electron chi connectivity index (χ0n) is 8.43. The van der Waals surface area contributed by atoms with Crippen molar-refractivity contribution in [1.29, 1.82) is 0 Å². The lowest BCUT2D eigenvalue weighted by Crippen LogP contribution is -2.34. The van der Waals surface area contributed by atoms with Crippen LogP contribution >= 0.6 is 0 Å². The van der Waals surface area contributed by atoms with E-state index >= 15 is 0 Å². The fraction of sp³-hybridized carbons (Fsp3) is 0.364. The number of rotatable bonds is 3. The Labute approximate surface area is 87.7 Å². The Hall–Kier alpha value is -1.55. The number of ether oxygens (including phenoxy) is 1. The summed E-state index contributed by atoms with van der Waals surface area (Å²) in [7, 11) is 1.57. The van der Waals surface area contributed by atoms with E-state index in [1.165, 1.54) is 0 Å². The van der Waals surface area contributed by atoms with E-state index in [9.17, 15) is 4.79 Å². The predicted molar refractivity (Wildman–Crippen MR) is 54.9 cm³/mol. The Morgan fingerprint density at radius 1 is 1.60 bits per heavy atom. The monoisotopic (exact) mass is 207 g/mol. The minimum Gasteiger partial charge on any atom is -0.496 e. The van der Waals surface area contributed by atoms with Crippen LogP contribution in [0.1, 0.15) is 17.9 Å². The molecular weight excluding hydrogens is 194 g/mol. The minimum absolute atomic E-state index is 0.133. The van der Waals surface area contributed by atoms with Gasteiger partial charge in [-0.15, -0.1) is 0 Å². The molecule has 1 saturated carbocycles. The quantitative estimate of drug-likeness (QED) is 0.774. The lowest BCUT2D eigenvalue weighted by atomic mass is 10.1. The molecule has 0 saturated heterocycles. The zero-order chi connectivity index (χ0) is 11.1. The highest BCUT2D eigenvalue weighted by Gasteiger charge is 2.59. The summed E-state index contributed by atoms with van der Waals surface area (Å²) in [4.78, 5) is 10.9. The number of para-hydroxylation sites is 1. The molecule has 2 atom stereocenters. The predicted octanol–water partition coefficient (Wildman–Crippen LogP) is 0.965. The van der Waals surface area contributed by atoms with E-state index in [0.717, 1.165) is 5.56 Å². The molecule has 1 aromatic carbocycles. The van der Waals surface area contributed by atoms with Crippen molar-refractivity contribution in [3.05, 3.63) is 29.8 Å². The normalized spacial score (nSPS) is 28.5. The summed E-state index contributed by atoms with van der Waals surface area (Å²) in [5.41, 5.74) is 5.51. The first kappa shape index (κ1) is 9.98. The largest absolute Gasteiger partial charge is 0.496 e. The first-order valence-electron chi connectivity index (χ1n) is 4.75. The average Bonchev–Trinajstić information content (AvgIpc) is 2.92. The van der Waals surface area contributed by atoms with Crippen LogP contribution in [-0.2, 0) is 4.79 Å². The molecule has 0 spiro atoms. The van der Waals surface area contributed by atoms with E-state index in [4.69, 9.17) is 15.6 Å². The van der Waals surface area contributed by atoms with Crippen molar-refractivity contribution in [2.45, 2.75) is 17.9 Å². The van der Waals surface area contributed by atoms with Crippen molar-refractivity contribution < 1.29 is 14.6 Å². The van der Waals surface area contributed by atoms with Crippen LogP contribution in [0.25, 0.3) is 0 Å². The fourth-order valence-corrected chi connectivity index (χ4v) is 1.86. The van der Waals surface area contributed by atoms with E-state index < -0.39 is 11.5 Å². The highest BCUT2D eigenvalue weighted by atomic mass is 16.5. The van der Waals surface area contributed by atoms with Gasteiger partial charge in [-0.25, -0.2) is 0 Å². The Balaban J connectivity index is 2.30. The number of methoxy groups -OCH3 is 1. The molecule has 80 valence electrons. The smallest absolute Gasteiger partial charge is 0.324 e. The van der Waals surface area contributed by atoms with Gasteiger partial charge in [0.05, 0.1) is 7.11 Å². The van der Waals surface area contributed by atoms with Crippen LogP contribution in [0.3, 0.4) is 0 Å². The third kappa shape index (κ3) is 1.47. The number of hydrogen-bond donors (Lipinski definition) is 2. The van der Waals surface area contributed by atoms with E-state index in [1.807, 2.05) is 24.3 Å². The minimum atomic E-state index is -1.10. The molecule has 0 aliphatic heterocycles. The van der Waals surface area contributed by atoms with Crippen molar-refractivity contribution in [2.75, 3.05) is 7.11 Å². The van der Waals surface area contributed by atoms with Gasteiger partial charge in [-0.05, 0) is 18.1 Å². The number of carbonyl (C=O) groups is 1. The van der Waals surface area contributed by atoms with E-state index in [0.29, 0.717) is 12.2 Å². The molecule has 1 aliphatic carbocycles. The first-order valence-corrected chi connectivity index (χ1v) is 4.75. The molecule has 4 heteroatoms. The third-order valence-corrected chi connectivity index (χ3v) is 2.92. The van der Waals surface area contributed by atoms with Crippen molar-refractivity contribution in [3.63, 3.8) is 0 Å². The third-order valence-electron chi connectivity index (χ3n) is 2.92. The lowest BCUT2D eigenvalue weighted by molar-refractivity contribution is -0.139. The van der Waals surface area contributed by atoms with E-state index in [2.05, 4.69) is 0 Å². The van der Waals surface area contributed by atoms with Gasteiger partial charge >= 0.3 is 5.97 Å². The molecule has 0 amide bonds. The summed E-state index contributed by atoms with van der Waals surface area (Å²) < 4.78 is 5.17. The summed E-state index contributed by atoms with van der Waals surface area (Å²) >= 11 is 0. The molecule has 1 aliphatic rings. The van der Waals surface area contributed by atoms with Gasteiger partial charge in [0.15, 0.2) is 0 Å². The maximum absolute atomic E-state index is 10.9. The van der Waals surface area contributed by atoms with Crippen molar-refractivity contribution in [1.82, 2.24) is 0 Å². The topological polar surface area (TPSA) is 72.5 Å². The second kappa shape index (κ2) is 3.24. The van der Waals surface area contributed by atoms with Crippen LogP contribution in [0.2, 0.25) is 0 Å².